The highest BCUT2D eigenvalue weighted by Crippen LogP contribution is 2.28. The highest BCUT2D eigenvalue weighted by atomic mass is 35.5. The summed E-state index contributed by atoms with van der Waals surface area (Å²) in [5, 5.41) is 0.349. The second kappa shape index (κ2) is 8.35. The van der Waals surface area contributed by atoms with Crippen LogP contribution < -0.4 is 9.46 Å². The van der Waals surface area contributed by atoms with Gasteiger partial charge >= 0.3 is 0 Å². The molecule has 0 radical (unpaired) electrons. The molecule has 0 bridgehead atoms. The van der Waals surface area contributed by atoms with E-state index in [1.54, 1.807) is 30.3 Å². The molecule has 1 N–H and O–H groups in total. The number of aromatic nitrogens is 3. The molecule has 0 saturated carbocycles. The third-order valence-electron chi connectivity index (χ3n) is 4.01. The lowest BCUT2D eigenvalue weighted by atomic mass is 10.3. The Morgan fingerprint density at radius 3 is 2.40 bits per heavy atom. The van der Waals surface area contributed by atoms with E-state index in [0.29, 0.717) is 23.1 Å². The number of nitrogens with zero attached hydrogens (tertiary/aromatic N) is 3. The molecule has 0 aliphatic carbocycles. The van der Waals surface area contributed by atoms with E-state index >= 15 is 0 Å². The first-order chi connectivity index (χ1) is 14.4. The van der Waals surface area contributed by atoms with Gasteiger partial charge in [-0.3, -0.25) is 4.72 Å². The Labute approximate surface area is 182 Å². The molecule has 0 fully saturated rings. The Balaban J connectivity index is 1.50. The van der Waals surface area contributed by atoms with Crippen LogP contribution >= 0.6 is 23.2 Å². The number of benzene rings is 2. The fraction of sp³-hybridized carbons (Fsp3) is 0. The Bertz CT molecular complexity index is 1280. The maximum absolute atomic E-state index is 12.6. The summed E-state index contributed by atoms with van der Waals surface area (Å²) >= 11 is 11.9. The minimum Gasteiger partial charge on any atom is -0.439 e. The van der Waals surface area contributed by atoms with Crippen LogP contribution in [0.4, 0.5) is 5.69 Å². The number of hydrogen-bond acceptors (Lipinski definition) is 5. The van der Waals surface area contributed by atoms with Gasteiger partial charge in [0.25, 0.3) is 10.0 Å². The molecular formula is C20H14Cl2N4O3S. The van der Waals surface area contributed by atoms with Crippen molar-refractivity contribution in [2.45, 2.75) is 4.90 Å². The van der Waals surface area contributed by atoms with Crippen molar-refractivity contribution >= 4 is 38.9 Å². The van der Waals surface area contributed by atoms with Crippen LogP contribution in [0.15, 0.2) is 84.3 Å². The molecule has 0 aliphatic rings. The minimum absolute atomic E-state index is 0.0779. The predicted octanol–water partition coefficient (Wildman–Crippen LogP) is 5.17. The molecule has 0 aliphatic heterocycles. The van der Waals surface area contributed by atoms with Gasteiger partial charge < -0.3 is 9.30 Å². The second-order valence-corrected chi connectivity index (χ2v) is 8.61. The number of hydrogen-bond donors (Lipinski definition) is 1. The van der Waals surface area contributed by atoms with Gasteiger partial charge in [0.05, 0.1) is 5.02 Å². The average Bonchev–Trinajstić information content (AvgIpc) is 3.26. The van der Waals surface area contributed by atoms with Gasteiger partial charge in [-0.25, -0.2) is 18.4 Å². The van der Waals surface area contributed by atoms with E-state index in [1.807, 2.05) is 29.1 Å². The standard InChI is InChI=1S/C20H14Cl2N4O3S/c21-14-3-8-17(22)18(11-14)30(27,28)25-15-4-6-16(7-5-15)29-20-12-19(23-13-24-20)26-9-1-2-10-26/h1-13,25H. The van der Waals surface area contributed by atoms with Crippen molar-refractivity contribution in [1.82, 2.24) is 14.5 Å². The SMILES string of the molecule is O=S(=O)(Nc1ccc(Oc2cc(-n3cccc3)ncn2)cc1)c1cc(Cl)ccc1Cl. The second-order valence-electron chi connectivity index (χ2n) is 6.11. The molecule has 30 heavy (non-hydrogen) atoms. The topological polar surface area (TPSA) is 86.1 Å². The van der Waals surface area contributed by atoms with E-state index in [4.69, 9.17) is 27.9 Å². The quantitative estimate of drug-likeness (QED) is 0.428. The van der Waals surface area contributed by atoms with E-state index in [2.05, 4.69) is 14.7 Å². The van der Waals surface area contributed by atoms with Gasteiger partial charge in [0.2, 0.25) is 5.88 Å². The lowest BCUT2D eigenvalue weighted by molar-refractivity contribution is 0.461. The number of anilines is 1. The molecule has 0 atom stereocenters. The van der Waals surface area contributed by atoms with Crippen LogP contribution in [-0.4, -0.2) is 23.0 Å². The van der Waals surface area contributed by atoms with E-state index in [0.717, 1.165) is 0 Å². The summed E-state index contributed by atoms with van der Waals surface area (Å²) in [5.41, 5.74) is 0.342. The number of halogens is 2. The minimum atomic E-state index is -3.90. The number of rotatable bonds is 6. The molecule has 0 spiro atoms. The fourth-order valence-electron chi connectivity index (χ4n) is 2.62. The van der Waals surface area contributed by atoms with Crippen molar-refractivity contribution in [1.29, 1.82) is 0 Å². The van der Waals surface area contributed by atoms with E-state index in [-0.39, 0.29) is 14.9 Å². The normalized spacial score (nSPS) is 11.3. The largest absolute Gasteiger partial charge is 0.439 e. The number of ether oxygens (including phenoxy) is 1. The molecule has 2 heterocycles. The zero-order chi connectivity index (χ0) is 21.1. The van der Waals surface area contributed by atoms with Crippen LogP contribution in [-0.2, 0) is 10.0 Å². The summed E-state index contributed by atoms with van der Waals surface area (Å²) in [4.78, 5) is 8.19. The lowest BCUT2D eigenvalue weighted by Gasteiger charge is -2.11. The van der Waals surface area contributed by atoms with Gasteiger partial charge in [-0.2, -0.15) is 0 Å². The molecule has 7 nitrogen and oxygen atoms in total. The van der Waals surface area contributed by atoms with Crippen LogP contribution in [0, 0.1) is 0 Å². The van der Waals surface area contributed by atoms with Gasteiger partial charge in [0.1, 0.15) is 22.8 Å². The molecule has 0 amide bonds. The maximum Gasteiger partial charge on any atom is 0.263 e. The zero-order valence-electron chi connectivity index (χ0n) is 15.2. The Hall–Kier alpha value is -3.07. The highest BCUT2D eigenvalue weighted by Gasteiger charge is 2.18. The average molecular weight is 461 g/mol. The van der Waals surface area contributed by atoms with Crippen molar-refractivity contribution in [2.24, 2.45) is 0 Å². The van der Waals surface area contributed by atoms with E-state index in [1.165, 1.54) is 24.5 Å². The summed E-state index contributed by atoms with van der Waals surface area (Å²) < 4.78 is 35.2. The van der Waals surface area contributed by atoms with Crippen molar-refractivity contribution in [3.8, 4) is 17.4 Å². The molecule has 10 heteroatoms. The first-order valence-electron chi connectivity index (χ1n) is 8.62. The summed E-state index contributed by atoms with van der Waals surface area (Å²) in [6, 6.07) is 16.1. The van der Waals surface area contributed by atoms with Crippen LogP contribution in [0.5, 0.6) is 11.6 Å². The third-order valence-corrected chi connectivity index (χ3v) is 6.11. The van der Waals surface area contributed by atoms with E-state index < -0.39 is 10.0 Å². The fourth-order valence-corrected chi connectivity index (χ4v) is 4.44. The molecule has 4 aromatic rings. The molecule has 2 aromatic carbocycles. The molecule has 0 saturated heterocycles. The lowest BCUT2D eigenvalue weighted by Crippen LogP contribution is -2.13. The third kappa shape index (κ3) is 4.56. The predicted molar refractivity (Wildman–Crippen MR) is 115 cm³/mol. The van der Waals surface area contributed by atoms with Crippen molar-refractivity contribution < 1.29 is 13.2 Å². The van der Waals surface area contributed by atoms with Gasteiger partial charge in [-0.1, -0.05) is 23.2 Å². The summed E-state index contributed by atoms with van der Waals surface area (Å²) in [5.74, 6) is 1.50. The summed E-state index contributed by atoms with van der Waals surface area (Å²) in [6.07, 6.45) is 5.13. The number of nitrogens with one attached hydrogen (secondary N) is 1. The zero-order valence-corrected chi connectivity index (χ0v) is 17.6. The van der Waals surface area contributed by atoms with Gasteiger partial charge in [-0.15, -0.1) is 0 Å². The van der Waals surface area contributed by atoms with Crippen LogP contribution in [0.1, 0.15) is 0 Å². The first-order valence-corrected chi connectivity index (χ1v) is 10.9. The summed E-state index contributed by atoms with van der Waals surface area (Å²) in [7, 11) is -3.90. The highest BCUT2D eigenvalue weighted by molar-refractivity contribution is 7.92. The molecular weight excluding hydrogens is 447 g/mol. The molecule has 2 aromatic heterocycles. The first kappa shape index (κ1) is 20.2. The van der Waals surface area contributed by atoms with Crippen molar-refractivity contribution in [3.63, 3.8) is 0 Å². The van der Waals surface area contributed by atoms with Crippen molar-refractivity contribution in [2.75, 3.05) is 4.72 Å². The number of sulfonamides is 1. The van der Waals surface area contributed by atoms with Gasteiger partial charge in [-0.05, 0) is 54.6 Å². The smallest absolute Gasteiger partial charge is 0.263 e. The molecule has 4 rings (SSSR count). The Morgan fingerprint density at radius 1 is 0.933 bits per heavy atom. The van der Waals surface area contributed by atoms with Crippen LogP contribution in [0.2, 0.25) is 10.0 Å². The Morgan fingerprint density at radius 2 is 1.67 bits per heavy atom. The van der Waals surface area contributed by atoms with E-state index in [9.17, 15) is 8.42 Å². The summed E-state index contributed by atoms with van der Waals surface area (Å²) in [6.45, 7) is 0. The maximum atomic E-state index is 12.6. The monoisotopic (exact) mass is 460 g/mol. The van der Waals surface area contributed by atoms with Gasteiger partial charge in [0.15, 0.2) is 0 Å². The van der Waals surface area contributed by atoms with Gasteiger partial charge in [0, 0.05) is 29.2 Å². The molecule has 152 valence electrons. The van der Waals surface area contributed by atoms with Crippen LogP contribution in [0.3, 0.4) is 0 Å². The van der Waals surface area contributed by atoms with Crippen molar-refractivity contribution in [3.05, 3.63) is 89.4 Å². The molecule has 0 unspecified atom stereocenters. The Kier molecular flexibility index (Phi) is 5.63. The van der Waals surface area contributed by atoms with Crippen LogP contribution in [0.25, 0.3) is 5.82 Å².